The summed E-state index contributed by atoms with van der Waals surface area (Å²) in [7, 11) is 0. The van der Waals surface area contributed by atoms with Crippen LogP contribution in [0.2, 0.25) is 0 Å². The topological polar surface area (TPSA) is 121 Å². The van der Waals surface area contributed by atoms with E-state index in [2.05, 4.69) is 10.4 Å². The van der Waals surface area contributed by atoms with Crippen LogP contribution in [0.3, 0.4) is 0 Å². The van der Waals surface area contributed by atoms with Gasteiger partial charge in [-0.3, -0.25) is 24.8 Å². The molecule has 0 aliphatic carbocycles. The molecule has 0 radical (unpaired) electrons. The van der Waals surface area contributed by atoms with Crippen molar-refractivity contribution in [2.45, 2.75) is 13.0 Å². The highest BCUT2D eigenvalue weighted by molar-refractivity contribution is 5.90. The van der Waals surface area contributed by atoms with Crippen LogP contribution in [0.15, 0.2) is 47.6 Å². The van der Waals surface area contributed by atoms with Gasteiger partial charge in [0.15, 0.2) is 0 Å². The Morgan fingerprint density at radius 1 is 1.26 bits per heavy atom. The number of nitro groups is 1. The molecule has 2 aliphatic heterocycles. The van der Waals surface area contributed by atoms with Gasteiger partial charge in [0.2, 0.25) is 5.91 Å². The Morgan fingerprint density at radius 2 is 2.03 bits per heavy atom. The predicted octanol–water partition coefficient (Wildman–Crippen LogP) is 2.35. The van der Waals surface area contributed by atoms with E-state index in [0.717, 1.165) is 0 Å². The minimum absolute atomic E-state index is 0.00290. The number of nitro benzene ring substituents is 1. The third-order valence-electron chi connectivity index (χ3n) is 5.74. The number of non-ortho nitro benzene ring substituents is 1. The minimum atomic E-state index is -0.581. The number of piperazine rings is 1. The average Bonchev–Trinajstić information content (AvgIpc) is 3.22. The molecule has 2 aromatic carbocycles. The number of ether oxygens (including phenoxy) is 1. The van der Waals surface area contributed by atoms with E-state index in [4.69, 9.17) is 4.74 Å². The molecule has 0 aromatic heterocycles. The molecule has 0 bridgehead atoms. The molecular formula is C23H25FN6O5. The maximum atomic E-state index is 15.0. The summed E-state index contributed by atoms with van der Waals surface area (Å²) in [4.78, 5) is 37.0. The molecular weight excluding hydrogens is 459 g/mol. The first-order valence-corrected chi connectivity index (χ1v) is 11.1. The predicted molar refractivity (Wildman–Crippen MR) is 127 cm³/mol. The largest absolute Gasteiger partial charge is 0.442 e. The second-order valence-electron chi connectivity index (χ2n) is 8.23. The highest BCUT2D eigenvalue weighted by atomic mass is 19.1. The van der Waals surface area contributed by atoms with Gasteiger partial charge in [0.1, 0.15) is 11.9 Å². The number of cyclic esters (lactones) is 1. The van der Waals surface area contributed by atoms with Crippen molar-refractivity contribution in [2.75, 3.05) is 49.1 Å². The van der Waals surface area contributed by atoms with Crippen LogP contribution >= 0.6 is 0 Å². The van der Waals surface area contributed by atoms with E-state index in [1.165, 1.54) is 30.0 Å². The molecule has 4 rings (SSSR count). The number of hydrazone groups is 1. The van der Waals surface area contributed by atoms with E-state index in [1.54, 1.807) is 30.5 Å². The van der Waals surface area contributed by atoms with Gasteiger partial charge in [-0.1, -0.05) is 12.1 Å². The summed E-state index contributed by atoms with van der Waals surface area (Å²) in [6, 6.07) is 10.8. The number of benzene rings is 2. The molecule has 1 atom stereocenters. The van der Waals surface area contributed by atoms with E-state index in [1.807, 2.05) is 9.91 Å². The van der Waals surface area contributed by atoms with Crippen molar-refractivity contribution in [3.05, 3.63) is 64.0 Å². The van der Waals surface area contributed by atoms with Gasteiger partial charge in [0, 0.05) is 37.7 Å². The van der Waals surface area contributed by atoms with Crippen molar-refractivity contribution in [3.8, 4) is 0 Å². The second-order valence-corrected chi connectivity index (χ2v) is 8.23. The molecule has 2 fully saturated rings. The van der Waals surface area contributed by atoms with E-state index < -0.39 is 22.9 Å². The van der Waals surface area contributed by atoms with Crippen LogP contribution < -0.4 is 15.1 Å². The van der Waals surface area contributed by atoms with Gasteiger partial charge in [0.05, 0.1) is 48.7 Å². The van der Waals surface area contributed by atoms with Crippen molar-refractivity contribution in [2.24, 2.45) is 5.10 Å². The molecule has 2 saturated heterocycles. The molecule has 11 nitrogen and oxygen atoms in total. The van der Waals surface area contributed by atoms with Crippen LogP contribution in [0, 0.1) is 15.9 Å². The molecule has 12 heteroatoms. The van der Waals surface area contributed by atoms with Gasteiger partial charge in [-0.25, -0.2) is 9.18 Å². The van der Waals surface area contributed by atoms with Gasteiger partial charge in [0.25, 0.3) is 5.69 Å². The summed E-state index contributed by atoms with van der Waals surface area (Å²) in [5.41, 5.74) is 1.45. The van der Waals surface area contributed by atoms with Gasteiger partial charge < -0.3 is 15.0 Å². The number of hydrogen-bond acceptors (Lipinski definition) is 8. The quantitative estimate of drug-likeness (QED) is 0.364. The van der Waals surface area contributed by atoms with E-state index in [9.17, 15) is 24.1 Å². The van der Waals surface area contributed by atoms with Crippen molar-refractivity contribution in [1.82, 2.24) is 10.3 Å². The van der Waals surface area contributed by atoms with Crippen LogP contribution in [0.4, 0.5) is 26.2 Å². The smallest absolute Gasteiger partial charge is 0.414 e. The van der Waals surface area contributed by atoms with Gasteiger partial charge in [-0.15, -0.1) is 0 Å². The minimum Gasteiger partial charge on any atom is -0.442 e. The molecule has 1 N–H and O–H groups in total. The number of carbonyl (C=O) groups excluding carboxylic acids is 2. The van der Waals surface area contributed by atoms with E-state index in [0.29, 0.717) is 43.1 Å². The Kier molecular flexibility index (Phi) is 7.09. The number of nitrogens with zero attached hydrogens (tertiary/aromatic N) is 5. The number of carbonyl (C=O) groups is 2. The monoisotopic (exact) mass is 484 g/mol. The molecule has 0 unspecified atom stereocenters. The number of anilines is 2. The Morgan fingerprint density at radius 3 is 2.71 bits per heavy atom. The molecule has 2 aliphatic rings. The van der Waals surface area contributed by atoms with Crippen molar-refractivity contribution < 1.29 is 23.6 Å². The van der Waals surface area contributed by atoms with Crippen LogP contribution in [-0.4, -0.2) is 73.5 Å². The molecule has 0 saturated carbocycles. The van der Waals surface area contributed by atoms with Crippen molar-refractivity contribution in [3.63, 3.8) is 0 Å². The third-order valence-corrected chi connectivity index (χ3v) is 5.74. The van der Waals surface area contributed by atoms with Gasteiger partial charge in [-0.2, -0.15) is 5.10 Å². The normalized spacial score (nSPS) is 18.2. The number of hydrogen-bond donors (Lipinski definition) is 1. The standard InChI is InChI=1S/C23H25FN6O5/c1-16(31)25-14-20-15-29(23(32)35-20)18-5-6-22(21(24)12-18)27-7-9-28(10-8-27)26-13-17-3-2-4-19(11-17)30(33)34/h2-6,11-13,20H,7-10,14-15H2,1H3,(H,25,31)/t20-/m0/s1. The summed E-state index contributed by atoms with van der Waals surface area (Å²) < 4.78 is 20.2. The van der Waals surface area contributed by atoms with Crippen molar-refractivity contribution in [1.29, 1.82) is 0 Å². The molecule has 184 valence electrons. The molecule has 2 heterocycles. The summed E-state index contributed by atoms with van der Waals surface area (Å²) in [5.74, 6) is -0.668. The molecule has 2 aromatic rings. The maximum absolute atomic E-state index is 15.0. The fourth-order valence-corrected chi connectivity index (χ4v) is 3.94. The summed E-state index contributed by atoms with van der Waals surface area (Å²) in [6.07, 6.45) is 0.499. The van der Waals surface area contributed by atoms with Gasteiger partial charge >= 0.3 is 6.09 Å². The summed E-state index contributed by atoms with van der Waals surface area (Å²) in [6.45, 7) is 3.98. The lowest BCUT2D eigenvalue weighted by molar-refractivity contribution is -0.384. The van der Waals surface area contributed by atoms with Crippen LogP contribution in [-0.2, 0) is 9.53 Å². The molecule has 0 spiro atoms. The average molecular weight is 484 g/mol. The first-order valence-electron chi connectivity index (χ1n) is 11.1. The Balaban J connectivity index is 1.34. The lowest BCUT2D eigenvalue weighted by Crippen LogP contribution is -2.44. The van der Waals surface area contributed by atoms with E-state index in [-0.39, 0.29) is 24.7 Å². The van der Waals surface area contributed by atoms with Crippen LogP contribution in [0.25, 0.3) is 0 Å². The summed E-state index contributed by atoms with van der Waals surface area (Å²) in [5, 5.41) is 19.7. The first-order chi connectivity index (χ1) is 16.8. The SMILES string of the molecule is CC(=O)NC[C@H]1CN(c2ccc(N3CCN(N=Cc4cccc([N+](=O)[O-])c4)CC3)c(F)c2)C(=O)O1. The highest BCUT2D eigenvalue weighted by Crippen LogP contribution is 2.28. The fourth-order valence-electron chi connectivity index (χ4n) is 3.94. The van der Waals surface area contributed by atoms with E-state index >= 15 is 0 Å². The lowest BCUT2D eigenvalue weighted by Gasteiger charge is -2.34. The Bertz CT molecular complexity index is 1150. The number of nitrogens with one attached hydrogen (secondary N) is 1. The number of halogens is 1. The number of amides is 2. The molecule has 2 amide bonds. The lowest BCUT2D eigenvalue weighted by atomic mass is 10.2. The number of rotatable bonds is 7. The fraction of sp³-hybridized carbons (Fsp3) is 0.348. The maximum Gasteiger partial charge on any atom is 0.414 e. The zero-order valence-electron chi connectivity index (χ0n) is 19.1. The highest BCUT2D eigenvalue weighted by Gasteiger charge is 2.33. The first kappa shape index (κ1) is 23.9. The van der Waals surface area contributed by atoms with Crippen molar-refractivity contribution >= 4 is 35.3 Å². The zero-order valence-corrected chi connectivity index (χ0v) is 19.1. The van der Waals surface area contributed by atoms with Crippen LogP contribution in [0.5, 0.6) is 0 Å². The molecule has 35 heavy (non-hydrogen) atoms. The second kappa shape index (κ2) is 10.4. The van der Waals surface area contributed by atoms with Gasteiger partial charge in [-0.05, 0) is 18.2 Å². The third kappa shape index (κ3) is 5.83. The zero-order chi connectivity index (χ0) is 24.9. The summed E-state index contributed by atoms with van der Waals surface area (Å²) >= 11 is 0. The Labute approximate surface area is 200 Å². The van der Waals surface area contributed by atoms with Crippen LogP contribution in [0.1, 0.15) is 12.5 Å². The Hall–Kier alpha value is -4.22.